The number of hydrogen-bond donors (Lipinski definition) is 0. The van der Waals surface area contributed by atoms with Crippen molar-refractivity contribution in [1.82, 2.24) is 0 Å². The molecule has 0 spiro atoms. The molecule has 0 aliphatic heterocycles. The fourth-order valence-corrected chi connectivity index (χ4v) is 3.80. The van der Waals surface area contributed by atoms with Crippen LogP contribution in [0.15, 0.2) is 55.2 Å². The standard InChI is InChI=1S/C26H38O/c1-6-20(2)12-10-8-7-9-11-15-27-26-18-25(19-26)23(5)17-24-14-13-21(3)16-22(24)4/h6,13-14,16,25-26H,1-2,5,7-12,15,17-19H2,3-4H3. The van der Waals surface area contributed by atoms with E-state index in [1.807, 2.05) is 6.08 Å². The average Bonchev–Trinajstić information content (AvgIpc) is 2.60. The van der Waals surface area contributed by atoms with E-state index < -0.39 is 0 Å². The fraction of sp³-hybridized carbons (Fsp3) is 0.538. The molecule has 0 N–H and O–H groups in total. The summed E-state index contributed by atoms with van der Waals surface area (Å²) in [5.74, 6) is 0.647. The van der Waals surface area contributed by atoms with E-state index in [1.165, 1.54) is 54.4 Å². The second-order valence-corrected chi connectivity index (χ2v) is 8.31. The lowest BCUT2D eigenvalue weighted by Gasteiger charge is -2.36. The minimum Gasteiger partial charge on any atom is -0.378 e. The molecule has 0 bridgehead atoms. The monoisotopic (exact) mass is 366 g/mol. The van der Waals surface area contributed by atoms with E-state index in [2.05, 4.69) is 51.8 Å². The van der Waals surface area contributed by atoms with Crippen LogP contribution in [0.25, 0.3) is 0 Å². The average molecular weight is 367 g/mol. The van der Waals surface area contributed by atoms with Gasteiger partial charge in [0.25, 0.3) is 0 Å². The summed E-state index contributed by atoms with van der Waals surface area (Å²) in [5, 5.41) is 0. The van der Waals surface area contributed by atoms with Crippen molar-refractivity contribution in [2.75, 3.05) is 6.61 Å². The van der Waals surface area contributed by atoms with Gasteiger partial charge < -0.3 is 4.74 Å². The van der Waals surface area contributed by atoms with Crippen LogP contribution in [-0.2, 0) is 11.2 Å². The van der Waals surface area contributed by atoms with Crippen molar-refractivity contribution in [2.45, 2.75) is 77.7 Å². The van der Waals surface area contributed by atoms with Crippen molar-refractivity contribution < 1.29 is 4.74 Å². The van der Waals surface area contributed by atoms with Gasteiger partial charge in [0.1, 0.15) is 0 Å². The first-order valence-corrected chi connectivity index (χ1v) is 10.6. The van der Waals surface area contributed by atoms with Crippen LogP contribution < -0.4 is 0 Å². The maximum absolute atomic E-state index is 6.04. The first-order valence-electron chi connectivity index (χ1n) is 10.6. The molecule has 1 aromatic rings. The molecule has 0 amide bonds. The predicted molar refractivity (Wildman–Crippen MR) is 118 cm³/mol. The van der Waals surface area contributed by atoms with Gasteiger partial charge >= 0.3 is 0 Å². The first-order chi connectivity index (χ1) is 13.0. The van der Waals surface area contributed by atoms with Crippen LogP contribution in [0.1, 0.15) is 68.1 Å². The van der Waals surface area contributed by atoms with Crippen molar-refractivity contribution >= 4 is 0 Å². The SMILES string of the molecule is C=CC(=C)CCCCCCCOC1CC(C(=C)Cc2ccc(C)cc2C)C1. The molecular formula is C26H38O. The van der Waals surface area contributed by atoms with Crippen LogP contribution in [0.2, 0.25) is 0 Å². The summed E-state index contributed by atoms with van der Waals surface area (Å²) >= 11 is 0. The molecule has 1 saturated carbocycles. The number of rotatable bonds is 13. The smallest absolute Gasteiger partial charge is 0.0586 e. The van der Waals surface area contributed by atoms with E-state index in [0.717, 1.165) is 37.9 Å². The Kier molecular flexibility index (Phi) is 9.07. The Hall–Kier alpha value is -1.60. The van der Waals surface area contributed by atoms with Crippen LogP contribution in [0.5, 0.6) is 0 Å². The molecule has 148 valence electrons. The predicted octanol–water partition coefficient (Wildman–Crippen LogP) is 7.28. The van der Waals surface area contributed by atoms with Crippen molar-refractivity contribution in [1.29, 1.82) is 0 Å². The highest BCUT2D eigenvalue weighted by Crippen LogP contribution is 2.36. The number of hydrogen-bond acceptors (Lipinski definition) is 1. The van der Waals surface area contributed by atoms with E-state index in [9.17, 15) is 0 Å². The third kappa shape index (κ3) is 7.50. The number of benzene rings is 1. The molecule has 0 saturated heterocycles. The summed E-state index contributed by atoms with van der Waals surface area (Å²) in [6.07, 6.45) is 13.0. The van der Waals surface area contributed by atoms with Gasteiger partial charge in [-0.3, -0.25) is 0 Å². The van der Waals surface area contributed by atoms with Gasteiger partial charge in [-0.1, -0.05) is 80.0 Å². The molecule has 1 nitrogen and oxygen atoms in total. The Labute approximate surface area is 167 Å². The molecular weight excluding hydrogens is 328 g/mol. The second kappa shape index (κ2) is 11.3. The number of allylic oxidation sites excluding steroid dienone is 3. The third-order valence-corrected chi connectivity index (χ3v) is 5.87. The van der Waals surface area contributed by atoms with Crippen molar-refractivity contribution in [2.24, 2.45) is 5.92 Å². The van der Waals surface area contributed by atoms with Crippen LogP contribution in [0, 0.1) is 19.8 Å². The maximum Gasteiger partial charge on any atom is 0.0586 e. The molecule has 1 aliphatic rings. The Bertz CT molecular complexity index is 634. The lowest BCUT2D eigenvalue weighted by molar-refractivity contribution is -0.0226. The minimum atomic E-state index is 0.460. The number of ether oxygens (including phenoxy) is 1. The molecule has 1 aromatic carbocycles. The highest BCUT2D eigenvalue weighted by atomic mass is 16.5. The number of unbranched alkanes of at least 4 members (excludes halogenated alkanes) is 4. The van der Waals surface area contributed by atoms with Crippen LogP contribution in [0.3, 0.4) is 0 Å². The molecule has 1 aliphatic carbocycles. The van der Waals surface area contributed by atoms with Gasteiger partial charge in [0.05, 0.1) is 6.10 Å². The molecule has 0 aromatic heterocycles. The zero-order valence-electron chi connectivity index (χ0n) is 17.6. The molecule has 0 atom stereocenters. The lowest BCUT2D eigenvalue weighted by Crippen LogP contribution is -2.33. The zero-order valence-corrected chi connectivity index (χ0v) is 17.6. The van der Waals surface area contributed by atoms with E-state index in [0.29, 0.717) is 12.0 Å². The minimum absolute atomic E-state index is 0.460. The number of aryl methyl sites for hydroxylation is 2. The molecule has 1 fully saturated rings. The van der Waals surface area contributed by atoms with Crippen LogP contribution in [0.4, 0.5) is 0 Å². The van der Waals surface area contributed by atoms with Gasteiger partial charge in [-0.2, -0.15) is 0 Å². The molecule has 0 radical (unpaired) electrons. The summed E-state index contributed by atoms with van der Waals surface area (Å²) in [7, 11) is 0. The Morgan fingerprint density at radius 1 is 1.07 bits per heavy atom. The van der Waals surface area contributed by atoms with E-state index in [1.54, 1.807) is 0 Å². The quantitative estimate of drug-likeness (QED) is 0.202. The topological polar surface area (TPSA) is 9.23 Å². The molecule has 0 heterocycles. The fourth-order valence-electron chi connectivity index (χ4n) is 3.80. The van der Waals surface area contributed by atoms with E-state index >= 15 is 0 Å². The van der Waals surface area contributed by atoms with Gasteiger partial charge in [0.15, 0.2) is 0 Å². The normalized spacial score (nSPS) is 18.7. The summed E-state index contributed by atoms with van der Waals surface area (Å²) in [6, 6.07) is 6.74. The van der Waals surface area contributed by atoms with Crippen molar-refractivity contribution in [3.63, 3.8) is 0 Å². The lowest BCUT2D eigenvalue weighted by atomic mass is 9.75. The maximum atomic E-state index is 6.04. The summed E-state index contributed by atoms with van der Waals surface area (Å²) in [4.78, 5) is 0. The van der Waals surface area contributed by atoms with Crippen molar-refractivity contribution in [3.8, 4) is 0 Å². The molecule has 27 heavy (non-hydrogen) atoms. The summed E-state index contributed by atoms with van der Waals surface area (Å²) in [5.41, 5.74) is 6.69. The van der Waals surface area contributed by atoms with Crippen LogP contribution in [-0.4, -0.2) is 12.7 Å². The second-order valence-electron chi connectivity index (χ2n) is 8.31. The van der Waals surface area contributed by atoms with Gasteiger partial charge in [-0.05, 0) is 69.4 Å². The largest absolute Gasteiger partial charge is 0.378 e. The molecule has 2 rings (SSSR count). The summed E-state index contributed by atoms with van der Waals surface area (Å²) in [6.45, 7) is 17.3. The van der Waals surface area contributed by atoms with Gasteiger partial charge in [0, 0.05) is 6.61 Å². The highest BCUT2D eigenvalue weighted by molar-refractivity contribution is 5.33. The highest BCUT2D eigenvalue weighted by Gasteiger charge is 2.31. The van der Waals surface area contributed by atoms with Crippen LogP contribution >= 0.6 is 0 Å². The Balaban J connectivity index is 1.50. The molecule has 0 unspecified atom stereocenters. The molecule has 1 heteroatoms. The Morgan fingerprint density at radius 3 is 2.48 bits per heavy atom. The van der Waals surface area contributed by atoms with Gasteiger partial charge in [0.2, 0.25) is 0 Å². The van der Waals surface area contributed by atoms with E-state index in [-0.39, 0.29) is 0 Å². The Morgan fingerprint density at radius 2 is 1.78 bits per heavy atom. The van der Waals surface area contributed by atoms with Gasteiger partial charge in [-0.25, -0.2) is 0 Å². The summed E-state index contributed by atoms with van der Waals surface area (Å²) < 4.78 is 6.04. The van der Waals surface area contributed by atoms with Gasteiger partial charge in [-0.15, -0.1) is 0 Å². The van der Waals surface area contributed by atoms with Crippen molar-refractivity contribution in [3.05, 3.63) is 71.8 Å². The third-order valence-electron chi connectivity index (χ3n) is 5.87. The zero-order chi connectivity index (χ0) is 19.6. The first kappa shape index (κ1) is 21.7. The van der Waals surface area contributed by atoms with E-state index in [4.69, 9.17) is 4.74 Å².